The molecule has 0 saturated carbocycles. The van der Waals surface area contributed by atoms with Gasteiger partial charge in [0.2, 0.25) is 11.8 Å². The number of hydrogen-bond acceptors (Lipinski definition) is 3. The van der Waals surface area contributed by atoms with Gasteiger partial charge in [-0.15, -0.1) is 0 Å². The lowest BCUT2D eigenvalue weighted by molar-refractivity contribution is -0.134. The maximum Gasteiger partial charge on any atom is 0.320 e. The molecule has 3 fully saturated rings. The average Bonchev–Trinajstić information content (AvgIpc) is 3.08. The molecule has 0 bridgehead atoms. The van der Waals surface area contributed by atoms with Crippen molar-refractivity contribution in [1.82, 2.24) is 19.6 Å². The predicted octanol–water partition coefficient (Wildman–Crippen LogP) is 0.215. The van der Waals surface area contributed by atoms with Crippen LogP contribution in [0.1, 0.15) is 25.7 Å². The molecule has 0 spiro atoms. The third kappa shape index (κ3) is 3.59. The van der Waals surface area contributed by atoms with E-state index in [1.54, 1.807) is 16.8 Å². The van der Waals surface area contributed by atoms with Crippen molar-refractivity contribution in [3.05, 3.63) is 0 Å². The van der Waals surface area contributed by atoms with Crippen LogP contribution in [0.4, 0.5) is 4.79 Å². The second-order valence-electron chi connectivity index (χ2n) is 6.92. The van der Waals surface area contributed by atoms with Crippen molar-refractivity contribution >= 4 is 17.8 Å². The first-order valence-corrected chi connectivity index (χ1v) is 8.60. The van der Waals surface area contributed by atoms with Crippen molar-refractivity contribution in [3.63, 3.8) is 0 Å². The number of carbonyl (C=O) groups excluding carboxylic acids is 3. The van der Waals surface area contributed by atoms with Crippen LogP contribution in [0.3, 0.4) is 0 Å². The Morgan fingerprint density at radius 1 is 1.09 bits per heavy atom. The van der Waals surface area contributed by atoms with E-state index >= 15 is 0 Å². The Morgan fingerprint density at radius 3 is 2.57 bits per heavy atom. The first kappa shape index (κ1) is 16.1. The van der Waals surface area contributed by atoms with Crippen LogP contribution in [0.5, 0.6) is 0 Å². The van der Waals surface area contributed by atoms with Crippen LogP contribution in [0, 0.1) is 5.92 Å². The van der Waals surface area contributed by atoms with E-state index in [0.29, 0.717) is 32.0 Å². The largest absolute Gasteiger partial charge is 0.342 e. The fourth-order valence-corrected chi connectivity index (χ4v) is 3.76. The van der Waals surface area contributed by atoms with Crippen molar-refractivity contribution in [2.45, 2.75) is 25.7 Å². The van der Waals surface area contributed by atoms with E-state index in [2.05, 4.69) is 0 Å². The normalized spacial score (nSPS) is 25.7. The third-order valence-electron chi connectivity index (χ3n) is 5.15. The average molecular weight is 322 g/mol. The third-order valence-corrected chi connectivity index (χ3v) is 5.15. The van der Waals surface area contributed by atoms with Gasteiger partial charge in [-0.3, -0.25) is 9.59 Å². The molecule has 3 saturated heterocycles. The summed E-state index contributed by atoms with van der Waals surface area (Å²) in [4.78, 5) is 43.2. The van der Waals surface area contributed by atoms with Crippen molar-refractivity contribution in [2.75, 3.05) is 52.9 Å². The van der Waals surface area contributed by atoms with Gasteiger partial charge >= 0.3 is 6.03 Å². The number of likely N-dealkylation sites (tertiary alicyclic amines) is 2. The molecule has 0 aliphatic carbocycles. The van der Waals surface area contributed by atoms with Crippen molar-refractivity contribution in [2.24, 2.45) is 5.92 Å². The van der Waals surface area contributed by atoms with E-state index in [0.717, 1.165) is 38.9 Å². The quantitative estimate of drug-likeness (QED) is 0.743. The van der Waals surface area contributed by atoms with Gasteiger partial charge in [-0.2, -0.15) is 0 Å². The Labute approximate surface area is 137 Å². The second-order valence-corrected chi connectivity index (χ2v) is 6.92. The summed E-state index contributed by atoms with van der Waals surface area (Å²) in [6.45, 7) is 4.60. The predicted molar refractivity (Wildman–Crippen MR) is 84.7 cm³/mol. The molecule has 3 heterocycles. The molecule has 128 valence electrons. The molecule has 7 nitrogen and oxygen atoms in total. The van der Waals surface area contributed by atoms with Gasteiger partial charge in [-0.1, -0.05) is 0 Å². The zero-order chi connectivity index (χ0) is 16.4. The summed E-state index contributed by atoms with van der Waals surface area (Å²) in [6.07, 6.45) is 3.67. The lowest BCUT2D eigenvalue weighted by Gasteiger charge is -2.35. The summed E-state index contributed by atoms with van der Waals surface area (Å²) < 4.78 is 0. The number of rotatable bonds is 4. The van der Waals surface area contributed by atoms with Gasteiger partial charge in [0, 0.05) is 52.7 Å². The minimum Gasteiger partial charge on any atom is -0.342 e. The van der Waals surface area contributed by atoms with Crippen LogP contribution in [0.25, 0.3) is 0 Å². The highest BCUT2D eigenvalue weighted by atomic mass is 16.2. The van der Waals surface area contributed by atoms with E-state index in [4.69, 9.17) is 0 Å². The lowest BCUT2D eigenvalue weighted by Crippen LogP contribution is -2.47. The second kappa shape index (κ2) is 6.76. The van der Waals surface area contributed by atoms with E-state index < -0.39 is 0 Å². The standard InChI is InChI=1S/C16H26N4O3/c1-17-8-9-20(16(17)23)12-15(22)19-6-2-4-13(11-19)10-18-7-3-5-14(18)21/h13H,2-12H2,1H3/t13-/m0/s1. The van der Waals surface area contributed by atoms with Crippen molar-refractivity contribution in [1.29, 1.82) is 0 Å². The number of hydrogen-bond donors (Lipinski definition) is 0. The van der Waals surface area contributed by atoms with Crippen molar-refractivity contribution in [3.8, 4) is 0 Å². The minimum absolute atomic E-state index is 0.0334. The van der Waals surface area contributed by atoms with Gasteiger partial charge in [0.05, 0.1) is 0 Å². The number of piperidine rings is 1. The van der Waals surface area contributed by atoms with Crippen LogP contribution < -0.4 is 0 Å². The Hall–Kier alpha value is -1.79. The maximum atomic E-state index is 12.5. The summed E-state index contributed by atoms with van der Waals surface area (Å²) in [5, 5.41) is 0. The molecule has 0 radical (unpaired) electrons. The monoisotopic (exact) mass is 322 g/mol. The SMILES string of the molecule is CN1CCN(CC(=O)N2CCC[C@@H](CN3CCCC3=O)C2)C1=O. The topological polar surface area (TPSA) is 64.2 Å². The number of likely N-dealkylation sites (N-methyl/N-ethyl adjacent to an activating group) is 1. The molecule has 0 aromatic heterocycles. The maximum absolute atomic E-state index is 12.5. The molecule has 0 N–H and O–H groups in total. The van der Waals surface area contributed by atoms with Gasteiger partial charge in [-0.25, -0.2) is 4.79 Å². The molecular weight excluding hydrogens is 296 g/mol. The van der Waals surface area contributed by atoms with Crippen LogP contribution in [-0.2, 0) is 9.59 Å². The molecule has 7 heteroatoms. The van der Waals surface area contributed by atoms with Gasteiger partial charge in [-0.05, 0) is 25.2 Å². The molecular formula is C16H26N4O3. The molecule has 23 heavy (non-hydrogen) atoms. The number of urea groups is 1. The molecule has 3 aliphatic heterocycles. The fraction of sp³-hybridized carbons (Fsp3) is 0.812. The summed E-state index contributed by atoms with van der Waals surface area (Å²) in [6, 6.07) is -0.0606. The smallest absolute Gasteiger partial charge is 0.320 e. The van der Waals surface area contributed by atoms with E-state index in [1.165, 1.54) is 0 Å². The molecule has 0 unspecified atom stereocenters. The fourth-order valence-electron chi connectivity index (χ4n) is 3.76. The Balaban J connectivity index is 1.50. The summed E-state index contributed by atoms with van der Waals surface area (Å²) in [7, 11) is 1.76. The molecule has 1 atom stereocenters. The first-order valence-electron chi connectivity index (χ1n) is 8.60. The molecule has 3 rings (SSSR count). The minimum atomic E-state index is -0.0606. The highest BCUT2D eigenvalue weighted by molar-refractivity contribution is 5.85. The zero-order valence-corrected chi connectivity index (χ0v) is 13.9. The van der Waals surface area contributed by atoms with Crippen LogP contribution >= 0.6 is 0 Å². The Kier molecular flexibility index (Phi) is 4.73. The van der Waals surface area contributed by atoms with Gasteiger partial charge in [0.1, 0.15) is 6.54 Å². The summed E-state index contributed by atoms with van der Waals surface area (Å²) in [5.74, 6) is 0.650. The number of carbonyl (C=O) groups is 3. The van der Waals surface area contributed by atoms with E-state index in [9.17, 15) is 14.4 Å². The summed E-state index contributed by atoms with van der Waals surface area (Å²) >= 11 is 0. The van der Waals surface area contributed by atoms with Crippen molar-refractivity contribution < 1.29 is 14.4 Å². The molecule has 3 aliphatic rings. The molecule has 4 amide bonds. The summed E-state index contributed by atoms with van der Waals surface area (Å²) in [5.41, 5.74) is 0. The van der Waals surface area contributed by atoms with Gasteiger partial charge in [0.15, 0.2) is 0 Å². The highest BCUT2D eigenvalue weighted by Gasteiger charge is 2.31. The van der Waals surface area contributed by atoms with Gasteiger partial charge < -0.3 is 19.6 Å². The lowest BCUT2D eigenvalue weighted by atomic mass is 9.97. The van der Waals surface area contributed by atoms with Crippen LogP contribution in [0.15, 0.2) is 0 Å². The zero-order valence-electron chi connectivity index (χ0n) is 13.9. The van der Waals surface area contributed by atoms with Gasteiger partial charge in [0.25, 0.3) is 0 Å². The number of amides is 4. The Bertz CT molecular complexity index is 496. The first-order chi connectivity index (χ1) is 11.0. The molecule has 0 aromatic carbocycles. The number of nitrogens with zero attached hydrogens (tertiary/aromatic N) is 4. The highest BCUT2D eigenvalue weighted by Crippen LogP contribution is 2.21. The molecule has 0 aromatic rings. The Morgan fingerprint density at radius 2 is 1.91 bits per heavy atom. The van der Waals surface area contributed by atoms with E-state index in [-0.39, 0.29) is 24.4 Å². The van der Waals surface area contributed by atoms with Crippen LogP contribution in [-0.4, -0.2) is 90.3 Å². The van der Waals surface area contributed by atoms with E-state index in [1.807, 2.05) is 9.80 Å². The van der Waals surface area contributed by atoms with Crippen LogP contribution in [0.2, 0.25) is 0 Å².